The fourth-order valence-electron chi connectivity index (χ4n) is 3.38. The molecule has 1 N–H and O–H groups in total. The van der Waals surface area contributed by atoms with Crippen molar-refractivity contribution >= 4 is 17.1 Å². The summed E-state index contributed by atoms with van der Waals surface area (Å²) in [6.45, 7) is 1.80. The number of nitrogens with one attached hydrogen (secondary N) is 1. The molecule has 0 spiro atoms. The van der Waals surface area contributed by atoms with E-state index >= 15 is 0 Å². The highest BCUT2D eigenvalue weighted by Crippen LogP contribution is 2.19. The molecule has 1 aromatic heterocycles. The Labute approximate surface area is 169 Å². The van der Waals surface area contributed by atoms with Gasteiger partial charge in [0.1, 0.15) is 11.9 Å². The van der Waals surface area contributed by atoms with Crippen LogP contribution in [0.2, 0.25) is 0 Å². The fraction of sp³-hybridized carbons (Fsp3) is 0.318. The molecule has 0 bridgehead atoms. The third-order valence-corrected chi connectivity index (χ3v) is 5.05. The number of ether oxygens (including phenoxy) is 2. The molecular formula is C22H24N4O3. The van der Waals surface area contributed by atoms with Gasteiger partial charge in [0, 0.05) is 32.5 Å². The van der Waals surface area contributed by atoms with Crippen molar-refractivity contribution in [1.29, 1.82) is 0 Å². The van der Waals surface area contributed by atoms with Crippen molar-refractivity contribution in [3.05, 3.63) is 60.3 Å². The summed E-state index contributed by atoms with van der Waals surface area (Å²) in [5.74, 6) is 1.34. The van der Waals surface area contributed by atoms with Crippen LogP contribution in [0.25, 0.3) is 11.0 Å². The Hall–Kier alpha value is -3.35. The van der Waals surface area contributed by atoms with Crippen molar-refractivity contribution in [3.63, 3.8) is 0 Å². The highest BCUT2D eigenvalue weighted by molar-refractivity contribution is 5.74. The molecule has 1 fully saturated rings. The average Bonchev–Trinajstić information content (AvgIpc) is 2.78. The number of hydrogen-bond acceptors (Lipinski definition) is 5. The lowest BCUT2D eigenvalue weighted by Gasteiger charge is -2.31. The second-order valence-electron chi connectivity index (χ2n) is 7.01. The van der Waals surface area contributed by atoms with Crippen LogP contribution in [-0.4, -0.2) is 47.2 Å². The normalized spacial score (nSPS) is 14.6. The first kappa shape index (κ1) is 19.0. The Bertz CT molecular complexity index is 969. The van der Waals surface area contributed by atoms with E-state index in [2.05, 4.69) is 15.3 Å². The summed E-state index contributed by atoms with van der Waals surface area (Å²) in [6, 6.07) is 15.3. The second-order valence-corrected chi connectivity index (χ2v) is 7.01. The molecule has 0 atom stereocenters. The Morgan fingerprint density at radius 1 is 1.10 bits per heavy atom. The summed E-state index contributed by atoms with van der Waals surface area (Å²) in [5, 5.41) is 2.97. The molecule has 2 amide bonds. The lowest BCUT2D eigenvalue weighted by atomic mass is 10.1. The van der Waals surface area contributed by atoms with Gasteiger partial charge in [-0.25, -0.2) is 14.8 Å². The van der Waals surface area contributed by atoms with Crippen molar-refractivity contribution < 1.29 is 14.3 Å². The Morgan fingerprint density at radius 2 is 1.83 bits per heavy atom. The zero-order valence-corrected chi connectivity index (χ0v) is 16.4. The third-order valence-electron chi connectivity index (χ3n) is 5.05. The minimum absolute atomic E-state index is 0.0381. The summed E-state index contributed by atoms with van der Waals surface area (Å²) in [4.78, 5) is 23.2. The van der Waals surface area contributed by atoms with Crippen molar-refractivity contribution in [2.75, 3.05) is 20.2 Å². The van der Waals surface area contributed by atoms with E-state index in [1.165, 1.54) is 0 Å². The second kappa shape index (κ2) is 8.77. The van der Waals surface area contributed by atoms with Gasteiger partial charge in [0.15, 0.2) is 0 Å². The van der Waals surface area contributed by atoms with E-state index in [0.717, 1.165) is 35.2 Å². The maximum atomic E-state index is 12.4. The lowest BCUT2D eigenvalue weighted by molar-refractivity contribution is 0.107. The summed E-state index contributed by atoms with van der Waals surface area (Å²) < 4.78 is 11.1. The molecule has 2 heterocycles. The predicted molar refractivity (Wildman–Crippen MR) is 110 cm³/mol. The van der Waals surface area contributed by atoms with E-state index in [1.54, 1.807) is 13.3 Å². The first-order valence-electron chi connectivity index (χ1n) is 9.75. The zero-order valence-electron chi connectivity index (χ0n) is 16.4. The van der Waals surface area contributed by atoms with E-state index in [9.17, 15) is 4.79 Å². The van der Waals surface area contributed by atoms with Gasteiger partial charge in [0.2, 0.25) is 5.88 Å². The van der Waals surface area contributed by atoms with Crippen LogP contribution in [0.5, 0.6) is 11.6 Å². The van der Waals surface area contributed by atoms with Crippen LogP contribution in [0.1, 0.15) is 18.4 Å². The number of methoxy groups -OCH3 is 1. The molecule has 0 unspecified atom stereocenters. The number of nitrogens with zero attached hydrogens (tertiary/aromatic N) is 3. The molecule has 7 nitrogen and oxygen atoms in total. The first-order chi connectivity index (χ1) is 14.2. The maximum Gasteiger partial charge on any atom is 0.317 e. The van der Waals surface area contributed by atoms with Crippen molar-refractivity contribution in [3.8, 4) is 11.6 Å². The number of amides is 2. The van der Waals surface area contributed by atoms with Crippen LogP contribution >= 0.6 is 0 Å². The summed E-state index contributed by atoms with van der Waals surface area (Å²) in [7, 11) is 1.64. The number of benzene rings is 2. The van der Waals surface area contributed by atoms with Crippen LogP contribution in [0.4, 0.5) is 4.79 Å². The summed E-state index contributed by atoms with van der Waals surface area (Å²) >= 11 is 0. The molecular weight excluding hydrogens is 368 g/mol. The van der Waals surface area contributed by atoms with E-state index in [-0.39, 0.29) is 12.1 Å². The number of fused-ring (bicyclic) bond motifs is 1. The minimum atomic E-state index is -0.0511. The monoisotopic (exact) mass is 392 g/mol. The summed E-state index contributed by atoms with van der Waals surface area (Å²) in [6.07, 6.45) is 3.24. The zero-order chi connectivity index (χ0) is 20.1. The highest BCUT2D eigenvalue weighted by atomic mass is 16.5. The smallest absolute Gasteiger partial charge is 0.317 e. The molecule has 1 saturated heterocycles. The molecule has 0 aliphatic carbocycles. The van der Waals surface area contributed by atoms with Gasteiger partial charge in [-0.05, 0) is 29.8 Å². The van der Waals surface area contributed by atoms with E-state index < -0.39 is 0 Å². The van der Waals surface area contributed by atoms with Gasteiger partial charge >= 0.3 is 6.03 Å². The fourth-order valence-corrected chi connectivity index (χ4v) is 3.38. The highest BCUT2D eigenvalue weighted by Gasteiger charge is 2.24. The molecule has 7 heteroatoms. The third kappa shape index (κ3) is 4.74. The number of aromatic nitrogens is 2. The molecule has 3 aromatic rings. The van der Waals surface area contributed by atoms with Crippen LogP contribution in [-0.2, 0) is 6.54 Å². The van der Waals surface area contributed by atoms with Crippen molar-refractivity contribution in [1.82, 2.24) is 20.2 Å². The number of carbonyl (C=O) groups excluding carboxylic acids is 1. The van der Waals surface area contributed by atoms with Crippen molar-refractivity contribution in [2.24, 2.45) is 0 Å². The lowest BCUT2D eigenvalue weighted by Crippen LogP contribution is -2.46. The number of likely N-dealkylation sites (tertiary alicyclic amines) is 1. The molecule has 29 heavy (non-hydrogen) atoms. The quantitative estimate of drug-likeness (QED) is 0.720. The first-order valence-corrected chi connectivity index (χ1v) is 9.75. The Morgan fingerprint density at radius 3 is 2.55 bits per heavy atom. The molecule has 150 valence electrons. The molecule has 1 aliphatic heterocycles. The van der Waals surface area contributed by atoms with E-state index in [4.69, 9.17) is 9.47 Å². The van der Waals surface area contributed by atoms with Crippen LogP contribution < -0.4 is 14.8 Å². The van der Waals surface area contributed by atoms with E-state index in [1.807, 2.05) is 53.4 Å². The molecule has 0 saturated carbocycles. The largest absolute Gasteiger partial charge is 0.497 e. The SMILES string of the molecule is COc1ccc(CNC(=O)N2CCC(Oc3cnc4ccccc4n3)CC2)cc1. The van der Waals surface area contributed by atoms with E-state index in [0.29, 0.717) is 25.5 Å². The van der Waals surface area contributed by atoms with Gasteiger partial charge in [-0.1, -0.05) is 24.3 Å². The number of carbonyl (C=O) groups is 1. The van der Waals surface area contributed by atoms with Gasteiger partial charge in [0.25, 0.3) is 0 Å². The number of piperidine rings is 1. The molecule has 2 aromatic carbocycles. The summed E-state index contributed by atoms with van der Waals surface area (Å²) in [5.41, 5.74) is 2.70. The van der Waals surface area contributed by atoms with Crippen LogP contribution in [0.3, 0.4) is 0 Å². The number of urea groups is 1. The van der Waals surface area contributed by atoms with Gasteiger partial charge in [-0.3, -0.25) is 0 Å². The Balaban J connectivity index is 1.25. The van der Waals surface area contributed by atoms with Crippen LogP contribution in [0.15, 0.2) is 54.7 Å². The standard InChI is InChI=1S/C22H24N4O3/c1-28-17-8-6-16(7-9-17)14-24-22(27)26-12-10-18(11-13-26)29-21-15-23-19-4-2-3-5-20(19)25-21/h2-9,15,18H,10-14H2,1H3,(H,24,27). The Kier molecular flexibility index (Phi) is 5.74. The predicted octanol–water partition coefficient (Wildman–Crippen LogP) is 3.39. The number of rotatable bonds is 5. The van der Waals surface area contributed by atoms with Crippen LogP contribution in [0, 0.1) is 0 Å². The molecule has 1 aliphatic rings. The van der Waals surface area contributed by atoms with Gasteiger partial charge in [-0.2, -0.15) is 0 Å². The molecule has 4 rings (SSSR count). The molecule has 0 radical (unpaired) electrons. The topological polar surface area (TPSA) is 76.6 Å². The minimum Gasteiger partial charge on any atom is -0.497 e. The van der Waals surface area contributed by atoms with Gasteiger partial charge in [-0.15, -0.1) is 0 Å². The van der Waals surface area contributed by atoms with Gasteiger partial charge < -0.3 is 19.7 Å². The number of hydrogen-bond donors (Lipinski definition) is 1. The average molecular weight is 392 g/mol. The maximum absolute atomic E-state index is 12.4. The number of para-hydroxylation sites is 2. The van der Waals surface area contributed by atoms with Crippen molar-refractivity contribution in [2.45, 2.75) is 25.5 Å². The van der Waals surface area contributed by atoms with Gasteiger partial charge in [0.05, 0.1) is 24.3 Å².